The summed E-state index contributed by atoms with van der Waals surface area (Å²) in [6, 6.07) is 0. The quantitative estimate of drug-likeness (QED) is 0.806. The van der Waals surface area contributed by atoms with E-state index in [1.54, 1.807) is 13.8 Å². The van der Waals surface area contributed by atoms with Crippen LogP contribution in [0.2, 0.25) is 5.02 Å². The highest BCUT2D eigenvalue weighted by molar-refractivity contribution is 7.81. The lowest BCUT2D eigenvalue weighted by molar-refractivity contribution is -0.116. The van der Waals surface area contributed by atoms with Crippen LogP contribution in [-0.2, 0) is 11.2 Å². The van der Waals surface area contributed by atoms with Crippen LogP contribution in [0.5, 0.6) is 0 Å². The number of aryl methyl sites for hydroxylation is 2. The molecule has 0 unspecified atom stereocenters. The van der Waals surface area contributed by atoms with Crippen LogP contribution >= 0.6 is 24.2 Å². The van der Waals surface area contributed by atoms with Crippen molar-refractivity contribution in [3.05, 3.63) is 22.2 Å². The summed E-state index contributed by atoms with van der Waals surface area (Å²) in [5.74, 6) is 0.847. The molecule has 14 heavy (non-hydrogen) atoms. The molecule has 0 atom stereocenters. The first-order valence-corrected chi connectivity index (χ1v) is 5.17. The molecule has 1 heterocycles. The molecule has 0 aromatic carbocycles. The molecule has 1 aromatic heterocycles. The van der Waals surface area contributed by atoms with E-state index in [0.29, 0.717) is 22.2 Å². The Labute approximate surface area is 93.3 Å². The number of carbonyl (C=O) groups excluding carboxylic acids is 1. The lowest BCUT2D eigenvalue weighted by Crippen LogP contribution is -2.08. The Morgan fingerprint density at radius 1 is 1.43 bits per heavy atom. The lowest BCUT2D eigenvalue weighted by atomic mass is 10.2. The fourth-order valence-corrected chi connectivity index (χ4v) is 1.39. The van der Waals surface area contributed by atoms with Crippen molar-refractivity contribution in [3.8, 4) is 0 Å². The molecule has 1 aromatic rings. The van der Waals surface area contributed by atoms with E-state index in [1.807, 2.05) is 0 Å². The molecule has 0 saturated heterocycles. The summed E-state index contributed by atoms with van der Waals surface area (Å²) in [7, 11) is 0. The second-order valence-electron chi connectivity index (χ2n) is 2.99. The van der Waals surface area contributed by atoms with Crippen LogP contribution in [0.25, 0.3) is 0 Å². The molecule has 3 nitrogen and oxygen atoms in total. The maximum atomic E-state index is 11.2. The first-order chi connectivity index (χ1) is 6.54. The average molecular weight is 231 g/mol. The van der Waals surface area contributed by atoms with E-state index < -0.39 is 0 Å². The van der Waals surface area contributed by atoms with Crippen molar-refractivity contribution in [2.45, 2.75) is 20.3 Å². The summed E-state index contributed by atoms with van der Waals surface area (Å²) in [6.07, 6.45) is 0.229. The van der Waals surface area contributed by atoms with Crippen molar-refractivity contribution in [3.63, 3.8) is 0 Å². The van der Waals surface area contributed by atoms with Gasteiger partial charge in [0.15, 0.2) is 0 Å². The summed E-state index contributed by atoms with van der Waals surface area (Å²) < 4.78 is 0. The maximum absolute atomic E-state index is 11.2. The molecule has 0 aliphatic carbocycles. The van der Waals surface area contributed by atoms with Gasteiger partial charge in [-0.15, -0.1) is 0 Å². The summed E-state index contributed by atoms with van der Waals surface area (Å²) in [4.78, 5) is 19.4. The van der Waals surface area contributed by atoms with Crippen LogP contribution in [0.3, 0.4) is 0 Å². The topological polar surface area (TPSA) is 42.9 Å². The Morgan fingerprint density at radius 2 is 2.07 bits per heavy atom. The van der Waals surface area contributed by atoms with Crippen molar-refractivity contribution in [2.24, 2.45) is 0 Å². The molecular formula is C9H11ClN2OS. The van der Waals surface area contributed by atoms with E-state index in [1.165, 1.54) is 0 Å². The number of Topliss-reactive ketones (excluding diaryl/α,β-unsaturated/α-hetero) is 1. The van der Waals surface area contributed by atoms with Gasteiger partial charge in [0.05, 0.1) is 22.8 Å². The van der Waals surface area contributed by atoms with Crippen LogP contribution in [0, 0.1) is 13.8 Å². The van der Waals surface area contributed by atoms with E-state index in [4.69, 9.17) is 11.6 Å². The van der Waals surface area contributed by atoms with Crippen LogP contribution in [-0.4, -0.2) is 21.5 Å². The molecule has 0 fully saturated rings. The molecule has 1 rings (SSSR count). The Balaban J connectivity index is 3.02. The standard InChI is InChI=1S/C9H11ClN2OS/c1-5-9(10)8(3-7(13)4-14)12-6(2)11-5/h14H,3-4H2,1-2H3. The van der Waals surface area contributed by atoms with Crippen molar-refractivity contribution < 1.29 is 4.79 Å². The molecule has 0 bridgehead atoms. The third kappa shape index (κ3) is 2.69. The zero-order valence-corrected chi connectivity index (χ0v) is 9.69. The Bertz CT molecular complexity index is 368. The monoisotopic (exact) mass is 230 g/mol. The predicted octanol–water partition coefficient (Wildman–Crippen LogP) is 1.79. The first-order valence-electron chi connectivity index (χ1n) is 4.16. The van der Waals surface area contributed by atoms with E-state index in [9.17, 15) is 4.79 Å². The molecule has 0 radical (unpaired) electrons. The SMILES string of the molecule is Cc1nc(C)c(Cl)c(CC(=O)CS)n1. The van der Waals surface area contributed by atoms with Gasteiger partial charge >= 0.3 is 0 Å². The number of thiol groups is 1. The number of carbonyl (C=O) groups is 1. The third-order valence-corrected chi connectivity index (χ3v) is 2.58. The molecule has 5 heteroatoms. The first kappa shape index (κ1) is 11.5. The smallest absolute Gasteiger partial charge is 0.148 e. The summed E-state index contributed by atoms with van der Waals surface area (Å²) in [5, 5.41) is 0.478. The average Bonchev–Trinajstić information content (AvgIpc) is 2.13. The minimum absolute atomic E-state index is 0.00716. The Hall–Kier alpha value is -0.610. The second-order valence-corrected chi connectivity index (χ2v) is 3.68. The highest BCUT2D eigenvalue weighted by Crippen LogP contribution is 2.18. The third-order valence-electron chi connectivity index (χ3n) is 1.74. The minimum atomic E-state index is 0.00716. The number of ketones is 1. The number of rotatable bonds is 3. The van der Waals surface area contributed by atoms with E-state index >= 15 is 0 Å². The molecular weight excluding hydrogens is 220 g/mol. The number of aromatic nitrogens is 2. The van der Waals surface area contributed by atoms with Gasteiger partial charge in [-0.3, -0.25) is 4.79 Å². The van der Waals surface area contributed by atoms with Gasteiger partial charge in [-0.1, -0.05) is 11.6 Å². The predicted molar refractivity (Wildman–Crippen MR) is 59.1 cm³/mol. The van der Waals surface area contributed by atoms with Crippen molar-refractivity contribution in [1.29, 1.82) is 0 Å². The van der Waals surface area contributed by atoms with Crippen molar-refractivity contribution in [1.82, 2.24) is 9.97 Å². The normalized spacial score (nSPS) is 10.3. The summed E-state index contributed by atoms with van der Waals surface area (Å²) in [5.41, 5.74) is 1.30. The fourth-order valence-electron chi connectivity index (χ4n) is 1.13. The molecule has 0 N–H and O–H groups in total. The molecule has 0 aliphatic rings. The van der Waals surface area contributed by atoms with Gasteiger partial charge in [0.1, 0.15) is 11.6 Å². The van der Waals surface area contributed by atoms with Gasteiger partial charge in [0, 0.05) is 5.75 Å². The van der Waals surface area contributed by atoms with Gasteiger partial charge in [0.2, 0.25) is 0 Å². The number of hydrogen-bond acceptors (Lipinski definition) is 4. The lowest BCUT2D eigenvalue weighted by Gasteiger charge is -2.05. The van der Waals surface area contributed by atoms with E-state index in [-0.39, 0.29) is 18.0 Å². The highest BCUT2D eigenvalue weighted by atomic mass is 35.5. The highest BCUT2D eigenvalue weighted by Gasteiger charge is 2.10. The number of halogens is 1. The summed E-state index contributed by atoms with van der Waals surface area (Å²) >= 11 is 9.86. The van der Waals surface area contributed by atoms with E-state index in [0.717, 1.165) is 0 Å². The molecule has 0 amide bonds. The van der Waals surface area contributed by atoms with Gasteiger partial charge < -0.3 is 0 Å². The van der Waals surface area contributed by atoms with Crippen LogP contribution in [0.15, 0.2) is 0 Å². The fraction of sp³-hybridized carbons (Fsp3) is 0.444. The van der Waals surface area contributed by atoms with E-state index in [2.05, 4.69) is 22.6 Å². The molecule has 76 valence electrons. The van der Waals surface area contributed by atoms with Gasteiger partial charge in [-0.2, -0.15) is 12.6 Å². The number of nitrogens with zero attached hydrogens (tertiary/aromatic N) is 2. The van der Waals surface area contributed by atoms with Crippen LogP contribution < -0.4 is 0 Å². The van der Waals surface area contributed by atoms with Gasteiger partial charge in [0.25, 0.3) is 0 Å². The van der Waals surface area contributed by atoms with Gasteiger partial charge in [-0.05, 0) is 13.8 Å². The van der Waals surface area contributed by atoms with Gasteiger partial charge in [-0.25, -0.2) is 9.97 Å². The zero-order valence-electron chi connectivity index (χ0n) is 8.04. The molecule has 0 aliphatic heterocycles. The van der Waals surface area contributed by atoms with Crippen molar-refractivity contribution in [2.75, 3.05) is 5.75 Å². The Morgan fingerprint density at radius 3 is 2.64 bits per heavy atom. The molecule has 0 spiro atoms. The number of hydrogen-bond donors (Lipinski definition) is 1. The van der Waals surface area contributed by atoms with Crippen molar-refractivity contribution >= 4 is 30.0 Å². The second kappa shape index (κ2) is 4.75. The summed E-state index contributed by atoms with van der Waals surface area (Å²) in [6.45, 7) is 3.57. The maximum Gasteiger partial charge on any atom is 0.148 e. The zero-order chi connectivity index (χ0) is 10.7. The molecule has 0 saturated carbocycles. The van der Waals surface area contributed by atoms with Crippen LogP contribution in [0.4, 0.5) is 0 Å². The minimum Gasteiger partial charge on any atom is -0.298 e. The largest absolute Gasteiger partial charge is 0.298 e. The Kier molecular flexibility index (Phi) is 3.89. The van der Waals surface area contributed by atoms with Crippen LogP contribution in [0.1, 0.15) is 17.2 Å².